The zero-order valence-electron chi connectivity index (χ0n) is 9.38. The zero-order valence-corrected chi connectivity index (χ0v) is 10.2. The van der Waals surface area contributed by atoms with Gasteiger partial charge in [-0.25, -0.2) is 0 Å². The highest BCUT2D eigenvalue weighted by Crippen LogP contribution is 2.02. The van der Waals surface area contributed by atoms with Crippen molar-refractivity contribution in [2.45, 2.75) is 45.8 Å². The van der Waals surface area contributed by atoms with Gasteiger partial charge in [0, 0.05) is 12.1 Å². The molecular weight excluding hydrogens is 204 g/mol. The monoisotopic (exact) mass is 224 g/mol. The third-order valence-corrected chi connectivity index (χ3v) is 2.54. The number of aliphatic hydroxyl groups is 1. The smallest absolute Gasteiger partial charge is 0.277 e. The van der Waals surface area contributed by atoms with Gasteiger partial charge < -0.3 is 5.11 Å². The van der Waals surface area contributed by atoms with Crippen molar-refractivity contribution in [2.24, 2.45) is 0 Å². The van der Waals surface area contributed by atoms with Gasteiger partial charge in [-0.1, -0.05) is 0 Å². The van der Waals surface area contributed by atoms with Crippen LogP contribution in [0.4, 0.5) is 0 Å². The molecule has 86 valence electrons. The van der Waals surface area contributed by atoms with Crippen LogP contribution in [0.5, 0.6) is 0 Å². The molecule has 0 spiro atoms. The van der Waals surface area contributed by atoms with E-state index in [0.29, 0.717) is 0 Å². The van der Waals surface area contributed by atoms with E-state index in [1.54, 1.807) is 20.8 Å². The van der Waals surface area contributed by atoms with Crippen LogP contribution >= 0.6 is 0 Å². The van der Waals surface area contributed by atoms with Crippen LogP contribution in [0.1, 0.15) is 34.6 Å². The first kappa shape index (κ1) is 13.8. The van der Waals surface area contributed by atoms with Gasteiger partial charge in [0.05, 0.1) is 5.60 Å². The topological polar surface area (TPSA) is 78.4 Å². The molecule has 0 aliphatic heterocycles. The maximum absolute atomic E-state index is 11.4. The molecule has 0 radical (unpaired) electrons. The predicted octanol–water partition coefficient (Wildman–Crippen LogP) is -0.0202. The molecule has 0 atom stereocenters. The molecular formula is C8H20N2O3S. The Morgan fingerprint density at radius 3 is 1.86 bits per heavy atom. The number of hydrogen-bond donors (Lipinski definition) is 3. The van der Waals surface area contributed by atoms with Crippen LogP contribution in [0.15, 0.2) is 0 Å². The van der Waals surface area contributed by atoms with Gasteiger partial charge in [-0.15, -0.1) is 0 Å². The summed E-state index contributed by atoms with van der Waals surface area (Å²) in [5.74, 6) is 0. The quantitative estimate of drug-likeness (QED) is 0.628. The van der Waals surface area contributed by atoms with Gasteiger partial charge >= 0.3 is 0 Å². The molecule has 0 bridgehead atoms. The average Bonchev–Trinajstić information content (AvgIpc) is 1.76. The second-order valence-corrected chi connectivity index (χ2v) is 6.49. The second kappa shape index (κ2) is 4.14. The number of nitrogens with one attached hydrogen (secondary N) is 2. The van der Waals surface area contributed by atoms with E-state index in [0.717, 1.165) is 0 Å². The largest absolute Gasteiger partial charge is 0.389 e. The molecule has 0 saturated carbocycles. The lowest BCUT2D eigenvalue weighted by Gasteiger charge is -2.23. The van der Waals surface area contributed by atoms with Crippen molar-refractivity contribution in [3.63, 3.8) is 0 Å². The van der Waals surface area contributed by atoms with Crippen molar-refractivity contribution in [3.8, 4) is 0 Å². The van der Waals surface area contributed by atoms with E-state index < -0.39 is 21.3 Å². The second-order valence-electron chi connectivity index (χ2n) is 4.99. The van der Waals surface area contributed by atoms with Gasteiger partial charge in [-0.3, -0.25) is 0 Å². The molecule has 0 heterocycles. The maximum atomic E-state index is 11.4. The summed E-state index contributed by atoms with van der Waals surface area (Å²) in [7, 11) is -3.53. The highest BCUT2D eigenvalue weighted by molar-refractivity contribution is 7.87. The van der Waals surface area contributed by atoms with Crippen LogP contribution in [-0.4, -0.2) is 31.2 Å². The lowest BCUT2D eigenvalue weighted by atomic mass is 10.1. The molecule has 0 rings (SSSR count). The molecule has 0 saturated heterocycles. The number of rotatable bonds is 4. The molecule has 5 nitrogen and oxygen atoms in total. The van der Waals surface area contributed by atoms with Crippen LogP contribution in [-0.2, 0) is 10.2 Å². The molecule has 0 amide bonds. The first-order valence-corrected chi connectivity index (χ1v) is 5.91. The fraction of sp³-hybridized carbons (Fsp3) is 1.00. The number of hydrogen-bond acceptors (Lipinski definition) is 3. The van der Waals surface area contributed by atoms with Crippen molar-refractivity contribution in [1.29, 1.82) is 0 Å². The normalized spacial score (nSPS) is 14.4. The first-order chi connectivity index (χ1) is 5.91. The third-order valence-electron chi connectivity index (χ3n) is 1.14. The summed E-state index contributed by atoms with van der Waals surface area (Å²) in [6.45, 7) is 8.29. The summed E-state index contributed by atoms with van der Waals surface area (Å²) in [4.78, 5) is 0. The summed E-state index contributed by atoms with van der Waals surface area (Å²) >= 11 is 0. The van der Waals surface area contributed by atoms with Crippen molar-refractivity contribution in [2.75, 3.05) is 6.54 Å². The van der Waals surface area contributed by atoms with Crippen molar-refractivity contribution < 1.29 is 13.5 Å². The Morgan fingerprint density at radius 1 is 1.14 bits per heavy atom. The van der Waals surface area contributed by atoms with E-state index in [1.807, 2.05) is 0 Å². The standard InChI is InChI=1S/C8H20N2O3S/c1-7(2,3)10-14(12,13)9-6-8(4,5)11/h9-11H,6H2,1-5H3. The Kier molecular flexibility index (Phi) is 4.09. The third kappa shape index (κ3) is 8.43. The molecule has 0 aromatic rings. The van der Waals surface area contributed by atoms with Crippen molar-refractivity contribution in [3.05, 3.63) is 0 Å². The van der Waals surface area contributed by atoms with Crippen molar-refractivity contribution >= 4 is 10.2 Å². The van der Waals surface area contributed by atoms with E-state index in [-0.39, 0.29) is 6.54 Å². The SMILES string of the molecule is CC(C)(O)CNS(=O)(=O)NC(C)(C)C. The highest BCUT2D eigenvalue weighted by atomic mass is 32.2. The van der Waals surface area contributed by atoms with Crippen LogP contribution in [0.25, 0.3) is 0 Å². The molecule has 3 N–H and O–H groups in total. The van der Waals surface area contributed by atoms with E-state index in [2.05, 4.69) is 9.44 Å². The minimum atomic E-state index is -3.53. The Balaban J connectivity index is 4.25. The maximum Gasteiger partial charge on any atom is 0.277 e. The molecule has 0 unspecified atom stereocenters. The van der Waals surface area contributed by atoms with E-state index in [4.69, 9.17) is 0 Å². The molecule has 0 fully saturated rings. The Hall–Kier alpha value is -0.170. The predicted molar refractivity (Wildman–Crippen MR) is 56.1 cm³/mol. The zero-order chi connectivity index (χ0) is 11.6. The van der Waals surface area contributed by atoms with Gasteiger partial charge in [-0.2, -0.15) is 17.9 Å². The molecule has 14 heavy (non-hydrogen) atoms. The van der Waals surface area contributed by atoms with Crippen LogP contribution in [0.2, 0.25) is 0 Å². The molecule has 0 aromatic carbocycles. The Labute approximate surface area is 86.1 Å². The first-order valence-electron chi connectivity index (χ1n) is 4.42. The molecule has 0 aromatic heterocycles. The van der Waals surface area contributed by atoms with Gasteiger partial charge in [0.15, 0.2) is 0 Å². The van der Waals surface area contributed by atoms with E-state index in [9.17, 15) is 13.5 Å². The van der Waals surface area contributed by atoms with Gasteiger partial charge in [0.25, 0.3) is 10.2 Å². The summed E-state index contributed by atoms with van der Waals surface area (Å²) in [5.41, 5.74) is -1.57. The minimum absolute atomic E-state index is 0.0155. The fourth-order valence-corrected chi connectivity index (χ4v) is 2.13. The van der Waals surface area contributed by atoms with Crippen LogP contribution in [0.3, 0.4) is 0 Å². The van der Waals surface area contributed by atoms with Crippen LogP contribution < -0.4 is 9.44 Å². The molecule has 6 heteroatoms. The van der Waals surface area contributed by atoms with E-state index >= 15 is 0 Å². The summed E-state index contributed by atoms with van der Waals surface area (Å²) in [5, 5.41) is 9.32. The van der Waals surface area contributed by atoms with Gasteiger partial charge in [0.1, 0.15) is 0 Å². The average molecular weight is 224 g/mol. The minimum Gasteiger partial charge on any atom is -0.389 e. The van der Waals surface area contributed by atoms with Crippen LogP contribution in [0, 0.1) is 0 Å². The van der Waals surface area contributed by atoms with E-state index in [1.165, 1.54) is 13.8 Å². The Morgan fingerprint density at radius 2 is 1.57 bits per heavy atom. The lowest BCUT2D eigenvalue weighted by molar-refractivity contribution is 0.0855. The summed E-state index contributed by atoms with van der Waals surface area (Å²) in [6.07, 6.45) is 0. The highest BCUT2D eigenvalue weighted by Gasteiger charge is 2.22. The lowest BCUT2D eigenvalue weighted by Crippen LogP contribution is -2.50. The summed E-state index contributed by atoms with van der Waals surface area (Å²) in [6, 6.07) is 0. The molecule has 0 aliphatic carbocycles. The summed E-state index contributed by atoms with van der Waals surface area (Å²) < 4.78 is 27.4. The van der Waals surface area contributed by atoms with Gasteiger partial charge in [-0.05, 0) is 34.6 Å². The fourth-order valence-electron chi connectivity index (χ4n) is 0.711. The molecule has 0 aliphatic rings. The Bertz CT molecular complexity index is 272. The van der Waals surface area contributed by atoms with Gasteiger partial charge in [0.2, 0.25) is 0 Å². The van der Waals surface area contributed by atoms with Crippen molar-refractivity contribution in [1.82, 2.24) is 9.44 Å².